The normalized spacial score (nSPS) is 12.0. The SMILES string of the molecule is CC(C)(CC(=O)Nc1ccccc1-n1ccc(C(=O)O)n1)C(F)(F)F. The Bertz CT molecular complexity index is 797. The molecule has 1 amide bonds. The van der Waals surface area contributed by atoms with Gasteiger partial charge in [-0.25, -0.2) is 9.48 Å². The Balaban J connectivity index is 2.23. The molecule has 1 aromatic heterocycles. The van der Waals surface area contributed by atoms with Gasteiger partial charge in [0.25, 0.3) is 0 Å². The van der Waals surface area contributed by atoms with Crippen LogP contribution < -0.4 is 5.32 Å². The van der Waals surface area contributed by atoms with E-state index in [-0.39, 0.29) is 11.4 Å². The van der Waals surface area contributed by atoms with Crippen LogP contribution in [0.3, 0.4) is 0 Å². The molecule has 2 aromatic rings. The summed E-state index contributed by atoms with van der Waals surface area (Å²) in [7, 11) is 0. The van der Waals surface area contributed by atoms with Crippen molar-refractivity contribution in [3.8, 4) is 5.69 Å². The van der Waals surface area contributed by atoms with Crippen molar-refractivity contribution in [1.29, 1.82) is 0 Å². The van der Waals surface area contributed by atoms with Crippen molar-refractivity contribution >= 4 is 17.6 Å². The topological polar surface area (TPSA) is 84.2 Å². The lowest BCUT2D eigenvalue weighted by Crippen LogP contribution is -2.36. The highest BCUT2D eigenvalue weighted by molar-refractivity contribution is 5.93. The molecule has 2 N–H and O–H groups in total. The Kier molecular flexibility index (Phi) is 4.87. The molecule has 0 bridgehead atoms. The number of hydrogen-bond acceptors (Lipinski definition) is 3. The summed E-state index contributed by atoms with van der Waals surface area (Å²) < 4.78 is 39.9. The van der Waals surface area contributed by atoms with Crippen molar-refractivity contribution < 1.29 is 27.9 Å². The second-order valence-electron chi connectivity index (χ2n) is 6.07. The molecule has 0 unspecified atom stereocenters. The van der Waals surface area contributed by atoms with Gasteiger partial charge >= 0.3 is 12.1 Å². The van der Waals surface area contributed by atoms with Gasteiger partial charge in [0.05, 0.1) is 16.8 Å². The third-order valence-electron chi connectivity index (χ3n) is 3.60. The first-order chi connectivity index (χ1) is 11.5. The second kappa shape index (κ2) is 6.58. The van der Waals surface area contributed by atoms with Crippen LogP contribution in [0.15, 0.2) is 36.5 Å². The summed E-state index contributed by atoms with van der Waals surface area (Å²) in [6.07, 6.45) is -3.87. The quantitative estimate of drug-likeness (QED) is 0.860. The fourth-order valence-electron chi connectivity index (χ4n) is 2.05. The van der Waals surface area contributed by atoms with Crippen LogP contribution in [0, 0.1) is 5.41 Å². The maximum Gasteiger partial charge on any atom is 0.394 e. The van der Waals surface area contributed by atoms with Crippen molar-refractivity contribution in [2.24, 2.45) is 5.41 Å². The summed E-state index contributed by atoms with van der Waals surface area (Å²) in [5.74, 6) is -2.02. The van der Waals surface area contributed by atoms with Gasteiger partial charge in [-0.2, -0.15) is 18.3 Å². The van der Waals surface area contributed by atoms with Crippen LogP contribution in [-0.4, -0.2) is 32.9 Å². The molecule has 1 aromatic carbocycles. The number of nitrogens with one attached hydrogen (secondary N) is 1. The summed E-state index contributed by atoms with van der Waals surface area (Å²) in [6.45, 7) is 1.90. The molecule has 0 fully saturated rings. The predicted molar refractivity (Wildman–Crippen MR) is 83.6 cm³/mol. The van der Waals surface area contributed by atoms with Gasteiger partial charge in [0.2, 0.25) is 5.91 Å². The highest BCUT2D eigenvalue weighted by Crippen LogP contribution is 2.40. The number of anilines is 1. The molecule has 0 radical (unpaired) electrons. The van der Waals surface area contributed by atoms with E-state index in [1.165, 1.54) is 23.0 Å². The van der Waals surface area contributed by atoms with E-state index in [0.29, 0.717) is 5.69 Å². The molecule has 0 atom stereocenters. The van der Waals surface area contributed by atoms with Crippen LogP contribution in [0.1, 0.15) is 30.8 Å². The van der Waals surface area contributed by atoms with Crippen molar-refractivity contribution in [2.75, 3.05) is 5.32 Å². The van der Waals surface area contributed by atoms with Gasteiger partial charge in [0.1, 0.15) is 0 Å². The number of amides is 1. The summed E-state index contributed by atoms with van der Waals surface area (Å²) >= 11 is 0. The Morgan fingerprint density at radius 3 is 2.40 bits per heavy atom. The van der Waals surface area contributed by atoms with Crippen molar-refractivity contribution in [3.05, 3.63) is 42.2 Å². The minimum atomic E-state index is -4.51. The van der Waals surface area contributed by atoms with Crippen molar-refractivity contribution in [2.45, 2.75) is 26.4 Å². The lowest BCUT2D eigenvalue weighted by molar-refractivity contribution is -0.213. The van der Waals surface area contributed by atoms with Gasteiger partial charge in [-0.15, -0.1) is 0 Å². The van der Waals surface area contributed by atoms with Crippen LogP contribution in [0.2, 0.25) is 0 Å². The smallest absolute Gasteiger partial charge is 0.394 e. The molecule has 0 aliphatic carbocycles. The third-order valence-corrected chi connectivity index (χ3v) is 3.60. The molecule has 25 heavy (non-hydrogen) atoms. The molecule has 0 saturated heterocycles. The molecule has 0 aliphatic rings. The molecular weight excluding hydrogens is 339 g/mol. The lowest BCUT2D eigenvalue weighted by Gasteiger charge is -2.27. The van der Waals surface area contributed by atoms with Crippen molar-refractivity contribution in [1.82, 2.24) is 9.78 Å². The molecule has 0 aliphatic heterocycles. The molecule has 6 nitrogen and oxygen atoms in total. The van der Waals surface area contributed by atoms with E-state index in [0.717, 1.165) is 13.8 Å². The Labute approximate surface area is 141 Å². The summed E-state index contributed by atoms with van der Waals surface area (Å²) in [5.41, 5.74) is -1.80. The number of halogens is 3. The molecule has 1 heterocycles. The third kappa shape index (κ3) is 4.17. The number of alkyl halides is 3. The van der Waals surface area contributed by atoms with Crippen LogP contribution in [-0.2, 0) is 4.79 Å². The van der Waals surface area contributed by atoms with Crippen LogP contribution in [0.25, 0.3) is 5.69 Å². The summed E-state index contributed by atoms with van der Waals surface area (Å²) in [6, 6.07) is 7.55. The van der Waals surface area contributed by atoms with E-state index in [9.17, 15) is 22.8 Å². The molecular formula is C16H16F3N3O3. The Morgan fingerprint density at radius 1 is 1.20 bits per heavy atom. The number of hydrogen-bond donors (Lipinski definition) is 2. The molecule has 0 saturated carbocycles. The Morgan fingerprint density at radius 2 is 1.84 bits per heavy atom. The van der Waals surface area contributed by atoms with Gasteiger partial charge in [0, 0.05) is 12.6 Å². The molecule has 0 spiro atoms. The first-order valence-electron chi connectivity index (χ1n) is 7.26. The lowest BCUT2D eigenvalue weighted by atomic mass is 9.88. The van der Waals surface area contributed by atoms with E-state index >= 15 is 0 Å². The molecule has 134 valence electrons. The largest absolute Gasteiger partial charge is 0.476 e. The zero-order valence-electron chi connectivity index (χ0n) is 13.5. The highest BCUT2D eigenvalue weighted by atomic mass is 19.4. The van der Waals surface area contributed by atoms with Gasteiger partial charge < -0.3 is 10.4 Å². The zero-order chi connectivity index (χ0) is 18.8. The van der Waals surface area contributed by atoms with Gasteiger partial charge in [-0.1, -0.05) is 26.0 Å². The minimum absolute atomic E-state index is 0.195. The zero-order valence-corrected chi connectivity index (χ0v) is 13.5. The second-order valence-corrected chi connectivity index (χ2v) is 6.07. The van der Waals surface area contributed by atoms with Crippen molar-refractivity contribution in [3.63, 3.8) is 0 Å². The Hall–Kier alpha value is -2.84. The standard InChI is InChI=1S/C16H16F3N3O3/c1-15(2,16(17,18)19)9-13(23)20-10-5-3-4-6-12(10)22-8-7-11(21-22)14(24)25/h3-8H,9H2,1-2H3,(H,20,23)(H,24,25). The fraction of sp³-hybridized carbons (Fsp3) is 0.312. The number of nitrogens with zero attached hydrogens (tertiary/aromatic N) is 2. The number of rotatable bonds is 5. The monoisotopic (exact) mass is 355 g/mol. The number of carbonyl (C=O) groups is 2. The maximum atomic E-state index is 12.9. The van der Waals surface area contributed by atoms with Gasteiger partial charge in [-0.05, 0) is 18.2 Å². The molecule has 2 rings (SSSR count). The summed E-state index contributed by atoms with van der Waals surface area (Å²) in [5, 5.41) is 15.2. The predicted octanol–water partition coefficient (Wildman–Crippen LogP) is 3.49. The highest BCUT2D eigenvalue weighted by Gasteiger charge is 2.48. The number of carboxylic acid groups (broad SMARTS) is 1. The fourth-order valence-corrected chi connectivity index (χ4v) is 2.05. The van der Waals surface area contributed by atoms with Gasteiger partial charge in [0.15, 0.2) is 5.69 Å². The summed E-state index contributed by atoms with van der Waals surface area (Å²) in [4.78, 5) is 22.9. The first kappa shape index (κ1) is 18.5. The van der Waals surface area contributed by atoms with Crippen LogP contribution in [0.4, 0.5) is 18.9 Å². The number of aromatic nitrogens is 2. The average Bonchev–Trinajstić information content (AvgIpc) is 2.95. The maximum absolute atomic E-state index is 12.9. The van der Waals surface area contributed by atoms with E-state index < -0.39 is 29.9 Å². The number of carboxylic acids is 1. The van der Waals surface area contributed by atoms with E-state index in [4.69, 9.17) is 5.11 Å². The van der Waals surface area contributed by atoms with Gasteiger partial charge in [-0.3, -0.25) is 4.79 Å². The van der Waals surface area contributed by atoms with Crippen LogP contribution in [0.5, 0.6) is 0 Å². The number of para-hydroxylation sites is 2. The first-order valence-corrected chi connectivity index (χ1v) is 7.26. The van der Waals surface area contributed by atoms with E-state index in [1.54, 1.807) is 18.2 Å². The number of aromatic carboxylic acids is 1. The average molecular weight is 355 g/mol. The van der Waals surface area contributed by atoms with E-state index in [1.807, 2.05) is 0 Å². The van der Waals surface area contributed by atoms with E-state index in [2.05, 4.69) is 10.4 Å². The molecule has 9 heteroatoms. The number of benzene rings is 1. The number of carbonyl (C=O) groups excluding carboxylic acids is 1. The van der Waals surface area contributed by atoms with Crippen LogP contribution >= 0.6 is 0 Å². The minimum Gasteiger partial charge on any atom is -0.476 e.